The molecule has 0 aliphatic carbocycles. The zero-order valence-corrected chi connectivity index (χ0v) is 18.9. The van der Waals surface area contributed by atoms with Crippen LogP contribution in [0.2, 0.25) is 0 Å². The number of nitrogens with one attached hydrogen (secondary N) is 1. The molecule has 1 fully saturated rings. The highest BCUT2D eigenvalue weighted by Gasteiger charge is 2.29. The van der Waals surface area contributed by atoms with Crippen LogP contribution in [0.4, 0.5) is 5.69 Å². The van der Waals surface area contributed by atoms with E-state index in [1.165, 1.54) is 0 Å². The van der Waals surface area contributed by atoms with Crippen molar-refractivity contribution < 1.29 is 9.59 Å². The number of likely N-dealkylation sites (tertiary alicyclic amines) is 1. The van der Waals surface area contributed by atoms with Crippen molar-refractivity contribution in [3.05, 3.63) is 82.5 Å². The van der Waals surface area contributed by atoms with Gasteiger partial charge in [0, 0.05) is 28.8 Å². The molecule has 0 spiro atoms. The topological polar surface area (TPSA) is 62.3 Å². The molecule has 1 atom stereocenters. The number of aromatic nitrogens is 1. The largest absolute Gasteiger partial charge is 0.338 e. The highest BCUT2D eigenvalue weighted by Crippen LogP contribution is 2.25. The molecule has 2 amide bonds. The second-order valence-electron chi connectivity index (χ2n) is 7.79. The summed E-state index contributed by atoms with van der Waals surface area (Å²) in [5, 5.41) is 2.96. The number of benzene rings is 2. The smallest absolute Gasteiger partial charge is 0.255 e. The first-order valence-corrected chi connectivity index (χ1v) is 11.2. The quantitative estimate of drug-likeness (QED) is 0.553. The van der Waals surface area contributed by atoms with Crippen LogP contribution in [0.3, 0.4) is 0 Å². The number of anilines is 1. The van der Waals surface area contributed by atoms with Crippen LogP contribution in [0.15, 0.2) is 71.2 Å². The first-order chi connectivity index (χ1) is 15.0. The molecule has 1 aromatic heterocycles. The van der Waals surface area contributed by atoms with E-state index in [9.17, 15) is 9.59 Å². The summed E-state index contributed by atoms with van der Waals surface area (Å²) in [6.07, 6.45) is 1.59. The fraction of sp³-hybridized carbons (Fsp3) is 0.240. The first kappa shape index (κ1) is 21.2. The maximum absolute atomic E-state index is 13.2. The Bertz CT molecular complexity index is 1100. The van der Waals surface area contributed by atoms with Crippen LogP contribution in [-0.2, 0) is 4.79 Å². The Balaban J connectivity index is 1.46. The van der Waals surface area contributed by atoms with E-state index >= 15 is 0 Å². The Hall–Kier alpha value is -2.99. The van der Waals surface area contributed by atoms with Gasteiger partial charge in [-0.3, -0.25) is 14.6 Å². The summed E-state index contributed by atoms with van der Waals surface area (Å²) < 4.78 is 0.984. The van der Waals surface area contributed by atoms with Crippen molar-refractivity contribution >= 4 is 33.4 Å². The van der Waals surface area contributed by atoms with Crippen molar-refractivity contribution in [2.24, 2.45) is 5.92 Å². The monoisotopic (exact) mass is 477 g/mol. The molecular weight excluding hydrogens is 454 g/mol. The number of carbonyl (C=O) groups excluding carboxylic acids is 2. The van der Waals surface area contributed by atoms with E-state index in [-0.39, 0.29) is 17.7 Å². The van der Waals surface area contributed by atoms with Gasteiger partial charge in [-0.05, 0) is 56.2 Å². The van der Waals surface area contributed by atoms with E-state index in [4.69, 9.17) is 0 Å². The average Bonchev–Trinajstić information content (AvgIpc) is 2.79. The highest BCUT2D eigenvalue weighted by atomic mass is 79.9. The molecule has 31 heavy (non-hydrogen) atoms. The fourth-order valence-corrected chi connectivity index (χ4v) is 4.31. The predicted octanol–water partition coefficient (Wildman–Crippen LogP) is 5.31. The number of rotatable bonds is 4. The third-order valence-electron chi connectivity index (χ3n) is 5.56. The fourth-order valence-electron chi connectivity index (χ4n) is 3.91. The number of hydrogen-bond donors (Lipinski definition) is 1. The van der Waals surface area contributed by atoms with Gasteiger partial charge in [0.2, 0.25) is 5.91 Å². The van der Waals surface area contributed by atoms with E-state index in [2.05, 4.69) is 26.2 Å². The Labute approximate surface area is 190 Å². The van der Waals surface area contributed by atoms with Gasteiger partial charge in [-0.1, -0.05) is 46.3 Å². The van der Waals surface area contributed by atoms with Crippen molar-refractivity contribution in [3.63, 3.8) is 0 Å². The van der Waals surface area contributed by atoms with Gasteiger partial charge < -0.3 is 10.2 Å². The van der Waals surface area contributed by atoms with E-state index in [0.29, 0.717) is 24.3 Å². The molecular formula is C25H24BrN3O2. The molecule has 2 aromatic carbocycles. The number of hydrogen-bond acceptors (Lipinski definition) is 3. The van der Waals surface area contributed by atoms with Crippen molar-refractivity contribution in [1.29, 1.82) is 0 Å². The molecule has 1 aliphatic rings. The summed E-state index contributed by atoms with van der Waals surface area (Å²) in [4.78, 5) is 32.3. The summed E-state index contributed by atoms with van der Waals surface area (Å²) in [6, 6.07) is 21.1. The van der Waals surface area contributed by atoms with Gasteiger partial charge in [-0.25, -0.2) is 0 Å². The van der Waals surface area contributed by atoms with Crippen molar-refractivity contribution in [2.45, 2.75) is 19.8 Å². The highest BCUT2D eigenvalue weighted by molar-refractivity contribution is 9.10. The lowest BCUT2D eigenvalue weighted by Gasteiger charge is -2.32. The zero-order chi connectivity index (χ0) is 21.8. The van der Waals surface area contributed by atoms with Crippen LogP contribution >= 0.6 is 15.9 Å². The summed E-state index contributed by atoms with van der Waals surface area (Å²) in [5.41, 5.74) is 3.88. The van der Waals surface area contributed by atoms with E-state index in [1.807, 2.05) is 73.7 Å². The van der Waals surface area contributed by atoms with E-state index < -0.39 is 0 Å². The lowest BCUT2D eigenvalue weighted by Crippen LogP contribution is -2.44. The SMILES string of the molecule is Cc1nc(-c2cccc(Br)c2)ccc1C(=O)N1CCCC(C(=O)Nc2ccccc2)C1. The first-order valence-electron chi connectivity index (χ1n) is 10.4. The zero-order valence-electron chi connectivity index (χ0n) is 17.3. The minimum atomic E-state index is -0.216. The lowest BCUT2D eigenvalue weighted by atomic mass is 9.96. The average molecular weight is 478 g/mol. The predicted molar refractivity (Wildman–Crippen MR) is 126 cm³/mol. The molecule has 1 unspecified atom stereocenters. The normalized spacial score (nSPS) is 16.1. The molecule has 0 bridgehead atoms. The number of halogens is 1. The second kappa shape index (κ2) is 9.43. The van der Waals surface area contributed by atoms with Crippen LogP contribution in [0, 0.1) is 12.8 Å². The Morgan fingerprint density at radius 2 is 1.87 bits per heavy atom. The molecule has 158 valence electrons. The van der Waals surface area contributed by atoms with Gasteiger partial charge >= 0.3 is 0 Å². The molecule has 5 nitrogen and oxygen atoms in total. The van der Waals surface area contributed by atoms with Crippen LogP contribution in [0.5, 0.6) is 0 Å². The standard InChI is InChI=1S/C25H24BrN3O2/c1-17-22(12-13-23(27-17)18-7-5-9-20(26)15-18)25(31)29-14-6-8-19(16-29)24(30)28-21-10-3-2-4-11-21/h2-5,7,9-13,15,19H,6,8,14,16H2,1H3,(H,28,30). The molecule has 0 saturated carbocycles. The molecule has 6 heteroatoms. The Kier molecular flexibility index (Phi) is 6.47. The summed E-state index contributed by atoms with van der Waals surface area (Å²) in [7, 11) is 0. The van der Waals surface area contributed by atoms with E-state index in [1.54, 1.807) is 4.90 Å². The van der Waals surface area contributed by atoms with Gasteiger partial charge in [0.05, 0.1) is 22.9 Å². The molecule has 3 aromatic rings. The van der Waals surface area contributed by atoms with Crippen molar-refractivity contribution in [2.75, 3.05) is 18.4 Å². The van der Waals surface area contributed by atoms with Gasteiger partial charge in [-0.2, -0.15) is 0 Å². The minimum absolute atomic E-state index is 0.0384. The maximum atomic E-state index is 13.2. The van der Waals surface area contributed by atoms with E-state index in [0.717, 1.165) is 34.3 Å². The van der Waals surface area contributed by atoms with Crippen LogP contribution in [0.25, 0.3) is 11.3 Å². The second-order valence-corrected chi connectivity index (χ2v) is 8.70. The number of piperidine rings is 1. The summed E-state index contributed by atoms with van der Waals surface area (Å²) in [5.74, 6) is -0.321. The minimum Gasteiger partial charge on any atom is -0.338 e. The number of aryl methyl sites for hydroxylation is 1. The van der Waals surface area contributed by atoms with Crippen LogP contribution in [-0.4, -0.2) is 34.8 Å². The third-order valence-corrected chi connectivity index (χ3v) is 6.05. The van der Waals surface area contributed by atoms with Gasteiger partial charge in [0.25, 0.3) is 5.91 Å². The molecule has 4 rings (SSSR count). The molecule has 1 N–H and O–H groups in total. The molecule has 1 aliphatic heterocycles. The summed E-state index contributed by atoms with van der Waals surface area (Å²) >= 11 is 3.48. The number of nitrogens with zero attached hydrogens (tertiary/aromatic N) is 2. The number of amides is 2. The Morgan fingerprint density at radius 3 is 2.61 bits per heavy atom. The number of para-hydroxylation sites is 1. The van der Waals surface area contributed by atoms with Crippen molar-refractivity contribution in [3.8, 4) is 11.3 Å². The third kappa shape index (κ3) is 5.02. The molecule has 2 heterocycles. The Morgan fingerprint density at radius 1 is 1.06 bits per heavy atom. The lowest BCUT2D eigenvalue weighted by molar-refractivity contribution is -0.121. The van der Waals surface area contributed by atoms with Crippen LogP contribution < -0.4 is 5.32 Å². The van der Waals surface area contributed by atoms with Crippen molar-refractivity contribution in [1.82, 2.24) is 9.88 Å². The summed E-state index contributed by atoms with van der Waals surface area (Å²) in [6.45, 7) is 2.93. The van der Waals surface area contributed by atoms with Gasteiger partial charge in [0.1, 0.15) is 0 Å². The molecule has 0 radical (unpaired) electrons. The van der Waals surface area contributed by atoms with Gasteiger partial charge in [-0.15, -0.1) is 0 Å². The number of pyridine rings is 1. The van der Waals surface area contributed by atoms with Crippen LogP contribution in [0.1, 0.15) is 28.9 Å². The molecule has 1 saturated heterocycles. The maximum Gasteiger partial charge on any atom is 0.255 e. The van der Waals surface area contributed by atoms with Gasteiger partial charge in [0.15, 0.2) is 0 Å². The number of carbonyl (C=O) groups is 2.